The molecule has 0 aliphatic carbocycles. The van der Waals surface area contributed by atoms with Crippen LogP contribution < -0.4 is 18.8 Å². The molecular formula is C35H45BNO3+. The van der Waals surface area contributed by atoms with Crippen LogP contribution in [0.25, 0.3) is 0 Å². The number of unbranched alkanes of at least 4 members (excludes halogenated alkanes) is 1. The van der Waals surface area contributed by atoms with Crippen LogP contribution in [0.4, 0.5) is 0 Å². The summed E-state index contributed by atoms with van der Waals surface area (Å²) >= 11 is 0. The number of rotatable bonds is 13. The van der Waals surface area contributed by atoms with Gasteiger partial charge >= 0.3 is 0 Å². The lowest BCUT2D eigenvalue weighted by atomic mass is 9.34. The number of methoxy groups -OCH3 is 3. The molecule has 4 aromatic rings. The molecule has 0 fully saturated rings. The third kappa shape index (κ3) is 9.79. The van der Waals surface area contributed by atoms with Crippen LogP contribution in [0, 0.1) is 0 Å². The first-order chi connectivity index (χ1) is 19.6. The van der Waals surface area contributed by atoms with Gasteiger partial charge in [0.15, 0.2) is 19.1 Å². The van der Waals surface area contributed by atoms with Gasteiger partial charge in [-0.15, -0.1) is 0 Å². The normalized spacial score (nSPS) is 11.1. The van der Waals surface area contributed by atoms with Crippen molar-refractivity contribution in [2.24, 2.45) is 0 Å². The molecule has 1 aromatic heterocycles. The molecule has 0 spiro atoms. The van der Waals surface area contributed by atoms with E-state index in [9.17, 15) is 0 Å². The lowest BCUT2D eigenvalue weighted by molar-refractivity contribution is -0.693. The molecule has 210 valence electrons. The lowest BCUT2D eigenvalue weighted by Gasteiger charge is -2.26. The summed E-state index contributed by atoms with van der Waals surface area (Å²) < 4.78 is 18.2. The highest BCUT2D eigenvalue weighted by Gasteiger charge is 2.27. The molecule has 1 heterocycles. The van der Waals surface area contributed by atoms with Crippen molar-refractivity contribution in [3.63, 3.8) is 0 Å². The van der Waals surface area contributed by atoms with E-state index in [0.717, 1.165) is 36.4 Å². The molecule has 0 aliphatic rings. The number of pyridine rings is 1. The molecule has 0 radical (unpaired) electrons. The van der Waals surface area contributed by atoms with Crippen molar-refractivity contribution in [3.8, 4) is 17.2 Å². The molecule has 40 heavy (non-hydrogen) atoms. The third-order valence-corrected chi connectivity index (χ3v) is 7.44. The maximum Gasteiger partial charge on any atom is 0.168 e. The van der Waals surface area contributed by atoms with Gasteiger partial charge in [-0.1, -0.05) is 85.3 Å². The van der Waals surface area contributed by atoms with Crippen molar-refractivity contribution in [3.05, 3.63) is 120 Å². The Morgan fingerprint density at radius 1 is 0.625 bits per heavy atom. The second-order valence-electron chi connectivity index (χ2n) is 10.1. The van der Waals surface area contributed by atoms with Crippen molar-refractivity contribution >= 4 is 6.71 Å². The highest BCUT2D eigenvalue weighted by atomic mass is 16.5. The van der Waals surface area contributed by atoms with Gasteiger partial charge in [0.25, 0.3) is 0 Å². The molecule has 0 bridgehead atoms. The van der Waals surface area contributed by atoms with Gasteiger partial charge in [-0.2, -0.15) is 0 Å². The highest BCUT2D eigenvalue weighted by Crippen LogP contribution is 2.31. The van der Waals surface area contributed by atoms with E-state index in [1.165, 1.54) is 36.0 Å². The van der Waals surface area contributed by atoms with Crippen molar-refractivity contribution in [1.82, 2.24) is 0 Å². The largest absolute Gasteiger partial charge is 0.497 e. The summed E-state index contributed by atoms with van der Waals surface area (Å²) in [5.41, 5.74) is 4.09. The fourth-order valence-corrected chi connectivity index (χ4v) is 5.08. The SMILES string of the molecule is CCCCC(B(Cc1ccc(OC)cc1)Cc1ccc(OC)cc1)c1ccc(OC)cc1.CC[n+]1ccccc1. The molecular weight excluding hydrogens is 493 g/mol. The van der Waals surface area contributed by atoms with Crippen LogP contribution in [-0.2, 0) is 19.2 Å². The van der Waals surface area contributed by atoms with E-state index in [1.807, 2.05) is 18.2 Å². The molecule has 0 amide bonds. The maximum atomic E-state index is 5.40. The van der Waals surface area contributed by atoms with Gasteiger partial charge < -0.3 is 14.2 Å². The van der Waals surface area contributed by atoms with Crippen LogP contribution in [0.2, 0.25) is 0 Å². The van der Waals surface area contributed by atoms with Gasteiger partial charge in [0, 0.05) is 12.1 Å². The summed E-state index contributed by atoms with van der Waals surface area (Å²) in [5, 5.41) is 0. The highest BCUT2D eigenvalue weighted by molar-refractivity contribution is 6.59. The Balaban J connectivity index is 0.000000472. The zero-order chi connectivity index (χ0) is 28.6. The molecule has 0 N–H and O–H groups in total. The van der Waals surface area contributed by atoms with E-state index in [4.69, 9.17) is 14.2 Å². The summed E-state index contributed by atoms with van der Waals surface area (Å²) in [5.74, 6) is 3.19. The predicted molar refractivity (Wildman–Crippen MR) is 167 cm³/mol. The average molecular weight is 539 g/mol. The smallest absolute Gasteiger partial charge is 0.168 e. The van der Waals surface area contributed by atoms with Crippen molar-refractivity contribution in [2.45, 2.75) is 58.1 Å². The molecule has 1 unspecified atom stereocenters. The van der Waals surface area contributed by atoms with Crippen LogP contribution >= 0.6 is 0 Å². The Bertz CT molecular complexity index is 1160. The fraction of sp³-hybridized carbons (Fsp3) is 0.343. The van der Waals surface area contributed by atoms with Crippen molar-refractivity contribution in [2.75, 3.05) is 21.3 Å². The Morgan fingerprint density at radius 3 is 1.45 bits per heavy atom. The number of hydrogen-bond donors (Lipinski definition) is 0. The van der Waals surface area contributed by atoms with E-state index in [0.29, 0.717) is 12.5 Å². The third-order valence-electron chi connectivity index (χ3n) is 7.44. The van der Waals surface area contributed by atoms with Crippen LogP contribution in [-0.4, -0.2) is 28.0 Å². The predicted octanol–water partition coefficient (Wildman–Crippen LogP) is 7.58. The minimum Gasteiger partial charge on any atom is -0.497 e. The van der Waals surface area contributed by atoms with Gasteiger partial charge in [-0.25, -0.2) is 4.57 Å². The summed E-state index contributed by atoms with van der Waals surface area (Å²) in [6, 6.07) is 31.8. The molecule has 5 heteroatoms. The monoisotopic (exact) mass is 538 g/mol. The van der Waals surface area contributed by atoms with Gasteiger partial charge in [0.1, 0.15) is 23.8 Å². The molecule has 0 saturated carbocycles. The summed E-state index contributed by atoms with van der Waals surface area (Å²) in [4.78, 5) is 0. The standard InChI is InChI=1S/C28H35BO3.C7H10N/c1-5-6-7-28(24-12-18-27(32-4)19-13-24)29(20-22-8-14-25(30-2)15-9-22)21-23-10-16-26(31-3)17-11-23;1-2-8-6-4-3-5-7-8/h8-19,28H,5-7,20-21H2,1-4H3;3-7H,2H2,1H3/q;+1. The number of aromatic nitrogens is 1. The first-order valence-corrected chi connectivity index (χ1v) is 14.4. The molecule has 0 aliphatic heterocycles. The molecule has 4 nitrogen and oxygen atoms in total. The Labute approximate surface area is 242 Å². The van der Waals surface area contributed by atoms with Crippen LogP contribution in [0.3, 0.4) is 0 Å². The minimum absolute atomic E-state index is 0.477. The number of hydrogen-bond acceptors (Lipinski definition) is 3. The Hall–Kier alpha value is -3.73. The van der Waals surface area contributed by atoms with Gasteiger partial charge in [-0.05, 0) is 61.8 Å². The number of benzene rings is 3. The lowest BCUT2D eigenvalue weighted by Crippen LogP contribution is -2.30. The van der Waals surface area contributed by atoms with E-state index < -0.39 is 0 Å². The average Bonchev–Trinajstić information content (AvgIpc) is 3.03. The number of nitrogens with zero attached hydrogens (tertiary/aromatic N) is 1. The second kappa shape index (κ2) is 17.1. The number of aryl methyl sites for hydroxylation is 1. The van der Waals surface area contributed by atoms with E-state index in [1.54, 1.807) is 21.3 Å². The van der Waals surface area contributed by atoms with Crippen molar-refractivity contribution in [1.29, 1.82) is 0 Å². The molecule has 4 rings (SSSR count). The summed E-state index contributed by atoms with van der Waals surface area (Å²) in [7, 11) is 5.15. The van der Waals surface area contributed by atoms with Crippen LogP contribution in [0.5, 0.6) is 17.2 Å². The van der Waals surface area contributed by atoms with E-state index in [2.05, 4.69) is 104 Å². The van der Waals surface area contributed by atoms with Crippen LogP contribution in [0.1, 0.15) is 55.6 Å². The van der Waals surface area contributed by atoms with Gasteiger partial charge in [-0.3, -0.25) is 0 Å². The molecule has 3 aromatic carbocycles. The minimum atomic E-state index is 0.477. The fourth-order valence-electron chi connectivity index (χ4n) is 5.08. The molecule has 1 atom stereocenters. The first kappa shape index (κ1) is 30.8. The molecule has 0 saturated heterocycles. The zero-order valence-corrected chi connectivity index (χ0v) is 24.9. The quantitative estimate of drug-likeness (QED) is 0.130. The Morgan fingerprint density at radius 2 is 1.07 bits per heavy atom. The van der Waals surface area contributed by atoms with E-state index in [-0.39, 0.29) is 0 Å². The second-order valence-corrected chi connectivity index (χ2v) is 10.1. The summed E-state index contributed by atoms with van der Waals surface area (Å²) in [6.45, 7) is 5.94. The van der Waals surface area contributed by atoms with E-state index >= 15 is 0 Å². The Kier molecular flexibility index (Phi) is 13.1. The van der Waals surface area contributed by atoms with Crippen molar-refractivity contribution < 1.29 is 18.8 Å². The maximum absolute atomic E-state index is 5.40. The van der Waals surface area contributed by atoms with Gasteiger partial charge in [0.05, 0.1) is 21.3 Å². The topological polar surface area (TPSA) is 31.6 Å². The van der Waals surface area contributed by atoms with Gasteiger partial charge in [0.2, 0.25) is 0 Å². The number of ether oxygens (including phenoxy) is 3. The summed E-state index contributed by atoms with van der Waals surface area (Å²) in [6.07, 6.45) is 9.76. The van der Waals surface area contributed by atoms with Crippen LogP contribution in [0.15, 0.2) is 103 Å². The zero-order valence-electron chi connectivity index (χ0n) is 24.9. The first-order valence-electron chi connectivity index (χ1n) is 14.4.